The van der Waals surface area contributed by atoms with Crippen LogP contribution in [0.15, 0.2) is 0 Å². The van der Waals surface area contributed by atoms with Crippen LogP contribution in [0.25, 0.3) is 0 Å². The van der Waals surface area contributed by atoms with E-state index in [-0.39, 0.29) is 5.41 Å². The molecule has 0 rings (SSSR count). The number of aliphatic carboxylic acids is 1. The van der Waals surface area contributed by atoms with E-state index >= 15 is 0 Å². The number of amides is 2. The minimum Gasteiger partial charge on any atom is -0.480 e. The second-order valence-electron chi connectivity index (χ2n) is 5.01. The molecular formula is C11H22N2O3. The fourth-order valence-corrected chi connectivity index (χ4v) is 1.10. The van der Waals surface area contributed by atoms with Gasteiger partial charge in [0.1, 0.15) is 6.04 Å². The van der Waals surface area contributed by atoms with Gasteiger partial charge in [0, 0.05) is 6.54 Å². The molecule has 0 aliphatic carbocycles. The minimum absolute atomic E-state index is 0.157. The maximum absolute atomic E-state index is 11.3. The summed E-state index contributed by atoms with van der Waals surface area (Å²) in [6, 6.07) is -1.23. The predicted octanol–water partition coefficient (Wildman–Crippen LogP) is 1.58. The quantitative estimate of drug-likeness (QED) is 0.671. The van der Waals surface area contributed by atoms with Gasteiger partial charge in [-0.05, 0) is 18.3 Å². The average molecular weight is 230 g/mol. The summed E-state index contributed by atoms with van der Waals surface area (Å²) in [6.07, 6.45) is 1.23. The monoisotopic (exact) mass is 230 g/mol. The van der Waals surface area contributed by atoms with Gasteiger partial charge in [-0.1, -0.05) is 27.7 Å². The van der Waals surface area contributed by atoms with Crippen LogP contribution in [0.3, 0.4) is 0 Å². The van der Waals surface area contributed by atoms with Crippen LogP contribution in [0.5, 0.6) is 0 Å². The molecular weight excluding hydrogens is 208 g/mol. The van der Waals surface area contributed by atoms with Gasteiger partial charge in [0.2, 0.25) is 0 Å². The van der Waals surface area contributed by atoms with Crippen LogP contribution in [0.1, 0.15) is 40.5 Å². The highest BCUT2D eigenvalue weighted by molar-refractivity contribution is 5.82. The molecule has 94 valence electrons. The first-order valence-corrected chi connectivity index (χ1v) is 5.53. The fraction of sp³-hybridized carbons (Fsp3) is 0.818. The summed E-state index contributed by atoms with van der Waals surface area (Å²) in [7, 11) is 0. The Balaban J connectivity index is 3.86. The lowest BCUT2D eigenvalue weighted by Gasteiger charge is -2.19. The van der Waals surface area contributed by atoms with E-state index < -0.39 is 18.0 Å². The maximum atomic E-state index is 11.3. The van der Waals surface area contributed by atoms with E-state index in [4.69, 9.17) is 5.11 Å². The van der Waals surface area contributed by atoms with Crippen molar-refractivity contribution >= 4 is 12.0 Å². The van der Waals surface area contributed by atoms with Crippen LogP contribution in [0.4, 0.5) is 4.79 Å². The molecule has 0 bridgehead atoms. The summed E-state index contributed by atoms with van der Waals surface area (Å²) < 4.78 is 0. The van der Waals surface area contributed by atoms with E-state index in [0.29, 0.717) is 13.0 Å². The second-order valence-corrected chi connectivity index (χ2v) is 5.01. The van der Waals surface area contributed by atoms with E-state index in [1.165, 1.54) is 0 Å². The van der Waals surface area contributed by atoms with Gasteiger partial charge < -0.3 is 15.7 Å². The summed E-state index contributed by atoms with van der Waals surface area (Å²) >= 11 is 0. The van der Waals surface area contributed by atoms with Gasteiger partial charge in [-0.3, -0.25) is 0 Å². The normalized spacial score (nSPS) is 13.0. The van der Waals surface area contributed by atoms with Crippen molar-refractivity contribution in [2.75, 3.05) is 6.54 Å². The number of nitrogens with one attached hydrogen (secondary N) is 2. The summed E-state index contributed by atoms with van der Waals surface area (Å²) in [5.74, 6) is -1.01. The van der Waals surface area contributed by atoms with E-state index in [2.05, 4.69) is 31.4 Å². The lowest BCUT2D eigenvalue weighted by molar-refractivity contribution is -0.139. The largest absolute Gasteiger partial charge is 0.480 e. The molecule has 2 amide bonds. The zero-order valence-corrected chi connectivity index (χ0v) is 10.5. The first kappa shape index (κ1) is 14.7. The molecule has 0 saturated heterocycles. The van der Waals surface area contributed by atoms with Crippen LogP contribution in [0, 0.1) is 5.41 Å². The van der Waals surface area contributed by atoms with Gasteiger partial charge in [-0.2, -0.15) is 0 Å². The Morgan fingerprint density at radius 1 is 1.31 bits per heavy atom. The molecule has 0 saturated carbocycles. The van der Waals surface area contributed by atoms with Crippen molar-refractivity contribution in [2.24, 2.45) is 5.41 Å². The van der Waals surface area contributed by atoms with Crippen molar-refractivity contribution in [3.63, 3.8) is 0 Å². The Bertz CT molecular complexity index is 246. The molecule has 1 unspecified atom stereocenters. The Kier molecular flexibility index (Phi) is 5.85. The number of carbonyl (C=O) groups is 2. The van der Waals surface area contributed by atoms with Crippen LogP contribution in [-0.4, -0.2) is 29.7 Å². The van der Waals surface area contributed by atoms with Gasteiger partial charge in [0.15, 0.2) is 0 Å². The number of carboxylic acid groups (broad SMARTS) is 1. The lowest BCUT2D eigenvalue weighted by Crippen LogP contribution is -2.46. The number of carboxylic acids is 1. The number of carbonyl (C=O) groups excluding carboxylic acids is 1. The standard InChI is InChI=1S/C11H22N2O3/c1-5-8(9(14)15)13-10(16)12-7-6-11(2,3)4/h8H,5-7H2,1-4H3,(H,14,15)(H2,12,13,16). The first-order valence-electron chi connectivity index (χ1n) is 5.53. The average Bonchev–Trinajstić information content (AvgIpc) is 2.11. The van der Waals surface area contributed by atoms with E-state index in [9.17, 15) is 9.59 Å². The molecule has 1 atom stereocenters. The minimum atomic E-state index is -1.01. The van der Waals surface area contributed by atoms with Crippen molar-refractivity contribution in [1.29, 1.82) is 0 Å². The zero-order chi connectivity index (χ0) is 12.8. The summed E-state index contributed by atoms with van der Waals surface area (Å²) in [6.45, 7) is 8.51. The van der Waals surface area contributed by atoms with Crippen molar-refractivity contribution in [3.05, 3.63) is 0 Å². The maximum Gasteiger partial charge on any atom is 0.326 e. The zero-order valence-electron chi connectivity index (χ0n) is 10.5. The summed E-state index contributed by atoms with van der Waals surface area (Å²) in [5, 5.41) is 13.8. The summed E-state index contributed by atoms with van der Waals surface area (Å²) in [5.41, 5.74) is 0.157. The molecule has 3 N–H and O–H groups in total. The number of hydrogen-bond donors (Lipinski definition) is 3. The Morgan fingerprint density at radius 3 is 2.25 bits per heavy atom. The highest BCUT2D eigenvalue weighted by Crippen LogP contribution is 2.16. The van der Waals surface area contributed by atoms with Crippen molar-refractivity contribution < 1.29 is 14.7 Å². The summed E-state index contributed by atoms with van der Waals surface area (Å²) in [4.78, 5) is 22.0. The molecule has 0 radical (unpaired) electrons. The molecule has 0 aromatic rings. The van der Waals surface area contributed by atoms with Crippen molar-refractivity contribution in [3.8, 4) is 0 Å². The molecule has 5 nitrogen and oxygen atoms in total. The van der Waals surface area contributed by atoms with Crippen molar-refractivity contribution in [1.82, 2.24) is 10.6 Å². The highest BCUT2D eigenvalue weighted by atomic mass is 16.4. The number of rotatable bonds is 5. The first-order chi connectivity index (χ1) is 7.26. The van der Waals surface area contributed by atoms with Crippen LogP contribution in [0.2, 0.25) is 0 Å². The smallest absolute Gasteiger partial charge is 0.326 e. The molecule has 0 aliphatic heterocycles. The van der Waals surface area contributed by atoms with Crippen LogP contribution >= 0.6 is 0 Å². The van der Waals surface area contributed by atoms with Gasteiger partial charge >= 0.3 is 12.0 Å². The molecule has 0 heterocycles. The molecule has 0 aliphatic rings. The third-order valence-electron chi connectivity index (χ3n) is 2.17. The Hall–Kier alpha value is -1.26. The molecule has 0 spiro atoms. The van der Waals surface area contributed by atoms with E-state index in [0.717, 1.165) is 6.42 Å². The van der Waals surface area contributed by atoms with E-state index in [1.807, 2.05) is 0 Å². The molecule has 0 aromatic heterocycles. The fourth-order valence-electron chi connectivity index (χ4n) is 1.10. The molecule has 16 heavy (non-hydrogen) atoms. The van der Waals surface area contributed by atoms with E-state index in [1.54, 1.807) is 6.92 Å². The second kappa shape index (κ2) is 6.35. The SMILES string of the molecule is CCC(NC(=O)NCCC(C)(C)C)C(=O)O. The number of urea groups is 1. The number of hydrogen-bond acceptors (Lipinski definition) is 2. The van der Waals surface area contributed by atoms with Crippen molar-refractivity contribution in [2.45, 2.75) is 46.6 Å². The molecule has 0 aromatic carbocycles. The highest BCUT2D eigenvalue weighted by Gasteiger charge is 2.17. The van der Waals surface area contributed by atoms with Crippen LogP contribution < -0.4 is 10.6 Å². The third kappa shape index (κ3) is 7.09. The van der Waals surface area contributed by atoms with Crippen LogP contribution in [-0.2, 0) is 4.79 Å². The van der Waals surface area contributed by atoms with Gasteiger partial charge in [0.25, 0.3) is 0 Å². The Morgan fingerprint density at radius 2 is 1.88 bits per heavy atom. The topological polar surface area (TPSA) is 78.4 Å². The molecule has 0 fully saturated rings. The lowest BCUT2D eigenvalue weighted by atomic mass is 9.92. The van der Waals surface area contributed by atoms with Gasteiger partial charge in [0.05, 0.1) is 0 Å². The predicted molar refractivity (Wildman–Crippen MR) is 62.3 cm³/mol. The van der Waals surface area contributed by atoms with Gasteiger partial charge in [-0.25, -0.2) is 9.59 Å². The molecule has 5 heteroatoms. The third-order valence-corrected chi connectivity index (χ3v) is 2.17. The Labute approximate surface area is 96.6 Å². The van der Waals surface area contributed by atoms with Gasteiger partial charge in [-0.15, -0.1) is 0 Å².